The standard InChI is InChI=1S/C12H16N2O2/c15-12(16)11-7-6-10(8-13-11)14-9-4-2-1-3-5-9/h6-9,14H,1-5H2,(H,15,16). The van der Waals surface area contributed by atoms with Crippen LogP contribution in [0.1, 0.15) is 42.6 Å². The van der Waals surface area contributed by atoms with Crippen LogP contribution in [0.4, 0.5) is 5.69 Å². The Morgan fingerprint density at radius 2 is 2.06 bits per heavy atom. The van der Waals surface area contributed by atoms with Crippen molar-refractivity contribution >= 4 is 11.7 Å². The fraction of sp³-hybridized carbons (Fsp3) is 0.500. The molecule has 0 aliphatic heterocycles. The minimum atomic E-state index is -0.982. The van der Waals surface area contributed by atoms with Gasteiger partial charge in [0.05, 0.1) is 11.9 Å². The normalized spacial score (nSPS) is 17.0. The van der Waals surface area contributed by atoms with Crippen molar-refractivity contribution in [3.63, 3.8) is 0 Å². The van der Waals surface area contributed by atoms with E-state index in [9.17, 15) is 4.79 Å². The number of nitrogens with one attached hydrogen (secondary N) is 1. The van der Waals surface area contributed by atoms with Crippen molar-refractivity contribution in [2.75, 3.05) is 5.32 Å². The van der Waals surface area contributed by atoms with E-state index in [1.807, 2.05) is 0 Å². The first-order chi connectivity index (χ1) is 7.75. The second kappa shape index (κ2) is 4.96. The van der Waals surface area contributed by atoms with Crippen molar-refractivity contribution in [3.05, 3.63) is 24.0 Å². The van der Waals surface area contributed by atoms with Crippen molar-refractivity contribution < 1.29 is 9.90 Å². The highest BCUT2D eigenvalue weighted by atomic mass is 16.4. The van der Waals surface area contributed by atoms with Gasteiger partial charge in [0.2, 0.25) is 0 Å². The molecule has 1 aromatic rings. The first-order valence-corrected chi connectivity index (χ1v) is 5.71. The molecule has 4 nitrogen and oxygen atoms in total. The number of rotatable bonds is 3. The van der Waals surface area contributed by atoms with Crippen LogP contribution in [0.25, 0.3) is 0 Å². The van der Waals surface area contributed by atoms with Crippen molar-refractivity contribution in [1.29, 1.82) is 0 Å². The maximum atomic E-state index is 10.6. The summed E-state index contributed by atoms with van der Waals surface area (Å²) in [6.07, 6.45) is 7.87. The quantitative estimate of drug-likeness (QED) is 0.821. The van der Waals surface area contributed by atoms with E-state index >= 15 is 0 Å². The van der Waals surface area contributed by atoms with Gasteiger partial charge in [0, 0.05) is 6.04 Å². The highest BCUT2D eigenvalue weighted by Crippen LogP contribution is 2.21. The molecule has 86 valence electrons. The van der Waals surface area contributed by atoms with Crippen molar-refractivity contribution in [2.24, 2.45) is 0 Å². The van der Waals surface area contributed by atoms with Crippen LogP contribution >= 0.6 is 0 Å². The summed E-state index contributed by atoms with van der Waals surface area (Å²) in [6, 6.07) is 3.84. The number of aromatic nitrogens is 1. The Balaban J connectivity index is 1.96. The average molecular weight is 220 g/mol. The Hall–Kier alpha value is -1.58. The van der Waals surface area contributed by atoms with Gasteiger partial charge in [-0.25, -0.2) is 9.78 Å². The topological polar surface area (TPSA) is 62.2 Å². The zero-order valence-electron chi connectivity index (χ0n) is 9.15. The van der Waals surface area contributed by atoms with Gasteiger partial charge in [-0.1, -0.05) is 19.3 Å². The molecule has 0 amide bonds. The number of hydrogen-bond acceptors (Lipinski definition) is 3. The minimum absolute atomic E-state index is 0.0918. The monoisotopic (exact) mass is 220 g/mol. The molecule has 2 rings (SSSR count). The van der Waals surface area contributed by atoms with Crippen LogP contribution < -0.4 is 5.32 Å². The van der Waals surface area contributed by atoms with Crippen LogP contribution in [0.2, 0.25) is 0 Å². The highest BCUT2D eigenvalue weighted by Gasteiger charge is 2.13. The highest BCUT2D eigenvalue weighted by molar-refractivity contribution is 5.85. The molecule has 1 fully saturated rings. The summed E-state index contributed by atoms with van der Waals surface area (Å²) >= 11 is 0. The molecule has 0 radical (unpaired) electrons. The van der Waals surface area contributed by atoms with E-state index in [1.54, 1.807) is 12.3 Å². The molecular weight excluding hydrogens is 204 g/mol. The van der Waals surface area contributed by atoms with E-state index in [2.05, 4.69) is 10.3 Å². The fourth-order valence-corrected chi connectivity index (χ4v) is 2.09. The first-order valence-electron chi connectivity index (χ1n) is 5.71. The van der Waals surface area contributed by atoms with Crippen LogP contribution in [0.15, 0.2) is 18.3 Å². The van der Waals surface area contributed by atoms with Gasteiger partial charge in [-0.2, -0.15) is 0 Å². The number of pyridine rings is 1. The van der Waals surface area contributed by atoms with Crippen LogP contribution in [0.3, 0.4) is 0 Å². The van der Waals surface area contributed by atoms with E-state index < -0.39 is 5.97 Å². The van der Waals surface area contributed by atoms with Crippen molar-refractivity contribution in [3.8, 4) is 0 Å². The zero-order valence-corrected chi connectivity index (χ0v) is 9.15. The molecule has 16 heavy (non-hydrogen) atoms. The maximum Gasteiger partial charge on any atom is 0.354 e. The van der Waals surface area contributed by atoms with Gasteiger partial charge < -0.3 is 10.4 Å². The molecule has 1 aliphatic rings. The third-order valence-corrected chi connectivity index (χ3v) is 2.96. The molecule has 1 aliphatic carbocycles. The lowest BCUT2D eigenvalue weighted by Crippen LogP contribution is -2.22. The Labute approximate surface area is 94.7 Å². The SMILES string of the molecule is O=C(O)c1ccc(NC2CCCCC2)cn1. The largest absolute Gasteiger partial charge is 0.477 e. The lowest BCUT2D eigenvalue weighted by atomic mass is 9.95. The predicted octanol–water partition coefficient (Wildman–Crippen LogP) is 2.52. The maximum absolute atomic E-state index is 10.6. The zero-order chi connectivity index (χ0) is 11.4. The first kappa shape index (κ1) is 10.9. The molecule has 0 atom stereocenters. The third kappa shape index (κ3) is 2.72. The number of anilines is 1. The molecule has 1 saturated carbocycles. The van der Waals surface area contributed by atoms with Gasteiger partial charge in [-0.05, 0) is 25.0 Å². The Kier molecular flexibility index (Phi) is 3.39. The Morgan fingerprint density at radius 3 is 2.62 bits per heavy atom. The summed E-state index contributed by atoms with van der Waals surface area (Å²) in [7, 11) is 0. The number of aromatic carboxylic acids is 1. The van der Waals surface area contributed by atoms with E-state index in [0.29, 0.717) is 6.04 Å². The van der Waals surface area contributed by atoms with Gasteiger partial charge in [0.15, 0.2) is 0 Å². The van der Waals surface area contributed by atoms with E-state index in [1.165, 1.54) is 38.2 Å². The molecule has 2 N–H and O–H groups in total. The van der Waals surface area contributed by atoms with Crippen molar-refractivity contribution in [1.82, 2.24) is 4.98 Å². The number of nitrogens with zero attached hydrogens (tertiary/aromatic N) is 1. The number of carboxylic acid groups (broad SMARTS) is 1. The second-order valence-corrected chi connectivity index (χ2v) is 4.22. The summed E-state index contributed by atoms with van der Waals surface area (Å²) in [5.41, 5.74) is 1.01. The molecule has 0 unspecified atom stereocenters. The molecule has 0 spiro atoms. The van der Waals surface area contributed by atoms with Gasteiger partial charge >= 0.3 is 5.97 Å². The van der Waals surface area contributed by atoms with E-state index in [4.69, 9.17) is 5.11 Å². The van der Waals surface area contributed by atoms with Gasteiger partial charge in [0.1, 0.15) is 5.69 Å². The minimum Gasteiger partial charge on any atom is -0.477 e. The number of hydrogen-bond donors (Lipinski definition) is 2. The van der Waals surface area contributed by atoms with Crippen LogP contribution in [-0.4, -0.2) is 22.1 Å². The molecule has 1 heterocycles. The number of carboxylic acids is 1. The average Bonchev–Trinajstić information content (AvgIpc) is 2.31. The van der Waals surface area contributed by atoms with Crippen molar-refractivity contribution in [2.45, 2.75) is 38.1 Å². The lowest BCUT2D eigenvalue weighted by molar-refractivity contribution is 0.0690. The van der Waals surface area contributed by atoms with Crippen LogP contribution in [-0.2, 0) is 0 Å². The smallest absolute Gasteiger partial charge is 0.354 e. The molecular formula is C12H16N2O2. The summed E-state index contributed by atoms with van der Waals surface area (Å²) in [6.45, 7) is 0. The van der Waals surface area contributed by atoms with Crippen LogP contribution in [0.5, 0.6) is 0 Å². The fourth-order valence-electron chi connectivity index (χ4n) is 2.09. The summed E-state index contributed by atoms with van der Waals surface area (Å²) in [5, 5.41) is 12.1. The van der Waals surface area contributed by atoms with Gasteiger partial charge in [-0.3, -0.25) is 0 Å². The van der Waals surface area contributed by atoms with E-state index in [0.717, 1.165) is 5.69 Å². The summed E-state index contributed by atoms with van der Waals surface area (Å²) in [4.78, 5) is 14.5. The summed E-state index contributed by atoms with van der Waals surface area (Å²) in [5.74, 6) is -0.982. The van der Waals surface area contributed by atoms with E-state index in [-0.39, 0.29) is 5.69 Å². The van der Waals surface area contributed by atoms with Gasteiger partial charge in [-0.15, -0.1) is 0 Å². The number of carbonyl (C=O) groups is 1. The molecule has 4 heteroatoms. The van der Waals surface area contributed by atoms with Crippen LogP contribution in [0, 0.1) is 0 Å². The summed E-state index contributed by atoms with van der Waals surface area (Å²) < 4.78 is 0. The Morgan fingerprint density at radius 1 is 1.31 bits per heavy atom. The lowest BCUT2D eigenvalue weighted by Gasteiger charge is -2.23. The molecule has 1 aromatic heterocycles. The molecule has 0 aromatic carbocycles. The molecule has 0 bridgehead atoms. The van der Waals surface area contributed by atoms with Gasteiger partial charge in [0.25, 0.3) is 0 Å². The Bertz CT molecular complexity index is 356. The molecule has 0 saturated heterocycles. The second-order valence-electron chi connectivity index (χ2n) is 4.22. The third-order valence-electron chi connectivity index (χ3n) is 2.96. The predicted molar refractivity (Wildman–Crippen MR) is 61.7 cm³/mol.